The molecule has 0 saturated carbocycles. The molecule has 5 aliphatic rings. The number of anilines is 2. The largest absolute Gasteiger partial charge is 0.461 e. The minimum absolute atomic E-state index is 0.114. The molecule has 3 aromatic rings. The summed E-state index contributed by atoms with van der Waals surface area (Å²) in [6.45, 7) is 6.39. The van der Waals surface area contributed by atoms with E-state index in [2.05, 4.69) is 34.0 Å². The minimum atomic E-state index is -0.830. The Kier molecular flexibility index (Phi) is 7.43. The fraction of sp³-hybridized carbons (Fsp3) is 0.600. The van der Waals surface area contributed by atoms with Crippen LogP contribution in [0.3, 0.4) is 0 Å². The highest BCUT2D eigenvalue weighted by atomic mass is 19.1. The third-order valence-corrected chi connectivity index (χ3v) is 11.2. The van der Waals surface area contributed by atoms with Crippen molar-refractivity contribution in [3.63, 3.8) is 0 Å². The van der Waals surface area contributed by atoms with Gasteiger partial charge in [-0.15, -0.1) is 0 Å². The van der Waals surface area contributed by atoms with Crippen molar-refractivity contribution in [1.82, 2.24) is 29.5 Å². The number of hydrogen-bond acceptors (Lipinski definition) is 9. The predicted molar refractivity (Wildman–Crippen MR) is 175 cm³/mol. The van der Waals surface area contributed by atoms with Gasteiger partial charge in [-0.1, -0.05) is 13.0 Å². The predicted octanol–water partition coefficient (Wildman–Crippen LogP) is 4.19. The first-order chi connectivity index (χ1) is 22.6. The molecule has 4 aliphatic heterocycles. The molecule has 4 atom stereocenters. The van der Waals surface area contributed by atoms with Crippen LogP contribution in [0, 0.1) is 0 Å². The summed E-state index contributed by atoms with van der Waals surface area (Å²) >= 11 is 0. The smallest absolute Gasteiger partial charge is 0.318 e. The summed E-state index contributed by atoms with van der Waals surface area (Å²) in [6.07, 6.45) is 4.95. The van der Waals surface area contributed by atoms with Crippen LogP contribution in [-0.2, 0) is 36.5 Å². The topological polar surface area (TPSA) is 115 Å². The van der Waals surface area contributed by atoms with Crippen LogP contribution in [-0.4, -0.2) is 87.5 Å². The number of nitrogens with zero attached hydrogens (tertiary/aromatic N) is 7. The number of aromatic nitrogens is 4. The van der Waals surface area contributed by atoms with Crippen LogP contribution < -0.4 is 15.4 Å². The van der Waals surface area contributed by atoms with Crippen molar-refractivity contribution in [3.8, 4) is 6.01 Å². The van der Waals surface area contributed by atoms with Crippen molar-refractivity contribution in [2.45, 2.75) is 94.8 Å². The molecular formula is C35H45FN8O3. The summed E-state index contributed by atoms with van der Waals surface area (Å²) in [4.78, 5) is 29.0. The summed E-state index contributed by atoms with van der Waals surface area (Å²) in [6, 6.07) is 8.44. The second-order valence-corrected chi connectivity index (χ2v) is 14.6. The first kappa shape index (κ1) is 30.6. The van der Waals surface area contributed by atoms with Gasteiger partial charge in [-0.25, -0.2) is 4.39 Å². The summed E-state index contributed by atoms with van der Waals surface area (Å²) in [5, 5.41) is 4.64. The van der Waals surface area contributed by atoms with Crippen molar-refractivity contribution in [1.29, 1.82) is 0 Å². The molecule has 0 bridgehead atoms. The molecule has 1 aromatic carbocycles. The highest BCUT2D eigenvalue weighted by Gasteiger charge is 2.50. The first-order valence-corrected chi connectivity index (χ1v) is 17.1. The van der Waals surface area contributed by atoms with Crippen LogP contribution in [0.1, 0.15) is 89.9 Å². The zero-order chi connectivity index (χ0) is 32.5. The Bertz CT molecular complexity index is 1710. The number of ether oxygens (including phenoxy) is 2. The Morgan fingerprint density at radius 1 is 1.17 bits per heavy atom. The number of nitrogens with two attached hydrogens (primary N) is 1. The maximum Gasteiger partial charge on any atom is 0.318 e. The summed E-state index contributed by atoms with van der Waals surface area (Å²) < 4.78 is 29.9. The normalized spacial score (nSPS) is 28.4. The van der Waals surface area contributed by atoms with E-state index in [1.165, 1.54) is 5.56 Å². The molecule has 47 heavy (non-hydrogen) atoms. The lowest BCUT2D eigenvalue weighted by molar-refractivity contribution is -0.0871. The van der Waals surface area contributed by atoms with Crippen molar-refractivity contribution in [2.24, 2.45) is 0 Å². The molecule has 1 amide bonds. The monoisotopic (exact) mass is 644 g/mol. The van der Waals surface area contributed by atoms with E-state index in [1.54, 1.807) is 19.0 Å². The van der Waals surface area contributed by atoms with Gasteiger partial charge in [-0.3, -0.25) is 14.4 Å². The summed E-state index contributed by atoms with van der Waals surface area (Å²) in [5.74, 6) is 1.10. The lowest BCUT2D eigenvalue weighted by Crippen LogP contribution is -2.44. The second kappa shape index (κ2) is 11.4. The van der Waals surface area contributed by atoms with E-state index < -0.39 is 11.8 Å². The Hall–Kier alpha value is -3.77. The number of amides is 1. The molecule has 2 fully saturated rings. The summed E-state index contributed by atoms with van der Waals surface area (Å²) in [7, 11) is 3.48. The maximum atomic E-state index is 14.6. The van der Waals surface area contributed by atoms with Gasteiger partial charge in [0.15, 0.2) is 5.69 Å². The average Bonchev–Trinajstić information content (AvgIpc) is 3.68. The first-order valence-electron chi connectivity index (χ1n) is 17.1. The number of aryl methyl sites for hydroxylation is 1. The number of carbonyl (C=O) groups excluding carboxylic acids is 1. The number of rotatable bonds is 5. The molecule has 6 heterocycles. The number of fused-ring (bicyclic) bond motifs is 5. The molecule has 1 spiro atoms. The SMILES string of the molecule is CC1CCC2(Cc3nc(OCC45CCCN4CC(F)C5)nc(N4CCCn5nc(C(=O)N(C)C)cc5C4)c3CO2)c2cc(N)ccc21. The molecule has 250 valence electrons. The molecule has 2 saturated heterocycles. The van der Waals surface area contributed by atoms with Crippen LogP contribution in [0.15, 0.2) is 24.3 Å². The fourth-order valence-electron chi connectivity index (χ4n) is 8.74. The molecule has 8 rings (SSSR count). The van der Waals surface area contributed by atoms with Crippen molar-refractivity contribution in [3.05, 3.63) is 58.0 Å². The maximum absolute atomic E-state index is 14.6. The van der Waals surface area contributed by atoms with Crippen LogP contribution >= 0.6 is 0 Å². The van der Waals surface area contributed by atoms with Gasteiger partial charge >= 0.3 is 6.01 Å². The lowest BCUT2D eigenvalue weighted by Gasteiger charge is -2.44. The van der Waals surface area contributed by atoms with Crippen LogP contribution in [0.25, 0.3) is 0 Å². The van der Waals surface area contributed by atoms with E-state index in [1.807, 2.05) is 16.8 Å². The molecule has 0 radical (unpaired) electrons. The van der Waals surface area contributed by atoms with E-state index in [0.717, 1.165) is 79.2 Å². The van der Waals surface area contributed by atoms with Gasteiger partial charge in [-0.2, -0.15) is 15.1 Å². The summed E-state index contributed by atoms with van der Waals surface area (Å²) in [5.41, 5.74) is 12.0. The standard InChI is InChI=1S/C35H45FN8O3/c1-22-8-10-35(28-14-24(37)6-7-26(22)28)17-30-27(20-47-35)31(39-33(38-30)46-21-34-9-4-12-43(34)18-23(36)16-34)42-11-5-13-44-25(19-42)15-29(40-44)32(45)41(2)3/h6-7,14-15,22-23H,4-5,8-13,16-21,37H2,1-3H3. The number of halogens is 1. The zero-order valence-electron chi connectivity index (χ0n) is 27.7. The van der Waals surface area contributed by atoms with Gasteiger partial charge in [0.2, 0.25) is 0 Å². The lowest BCUT2D eigenvalue weighted by atomic mass is 9.71. The average molecular weight is 645 g/mol. The zero-order valence-corrected chi connectivity index (χ0v) is 27.7. The molecule has 1 aliphatic carbocycles. The molecule has 2 N–H and O–H groups in total. The highest BCUT2D eigenvalue weighted by molar-refractivity contribution is 5.92. The van der Waals surface area contributed by atoms with E-state index in [0.29, 0.717) is 63.3 Å². The van der Waals surface area contributed by atoms with Gasteiger partial charge < -0.3 is 25.0 Å². The second-order valence-electron chi connectivity index (χ2n) is 14.6. The van der Waals surface area contributed by atoms with Gasteiger partial charge in [0.1, 0.15) is 18.6 Å². The van der Waals surface area contributed by atoms with Crippen LogP contribution in [0.5, 0.6) is 6.01 Å². The van der Waals surface area contributed by atoms with Crippen molar-refractivity contribution < 1.29 is 18.7 Å². The number of hydrogen-bond donors (Lipinski definition) is 1. The number of nitrogen functional groups attached to an aromatic ring is 1. The van der Waals surface area contributed by atoms with E-state index in [9.17, 15) is 9.18 Å². The Morgan fingerprint density at radius 3 is 2.89 bits per heavy atom. The van der Waals surface area contributed by atoms with Crippen molar-refractivity contribution >= 4 is 17.4 Å². The van der Waals surface area contributed by atoms with Crippen LogP contribution in [0.2, 0.25) is 0 Å². The number of alkyl halides is 1. The Morgan fingerprint density at radius 2 is 2.04 bits per heavy atom. The van der Waals surface area contributed by atoms with Crippen molar-refractivity contribution in [2.75, 3.05) is 51.0 Å². The molecule has 4 unspecified atom stereocenters. The molecule has 2 aromatic heterocycles. The van der Waals surface area contributed by atoms with Crippen LogP contribution in [0.4, 0.5) is 15.9 Å². The van der Waals surface area contributed by atoms with E-state index in [4.69, 9.17) is 25.2 Å². The molecule has 12 heteroatoms. The third kappa shape index (κ3) is 5.24. The third-order valence-electron chi connectivity index (χ3n) is 11.2. The van der Waals surface area contributed by atoms with Gasteiger partial charge in [-0.05, 0) is 73.9 Å². The van der Waals surface area contributed by atoms with Gasteiger partial charge in [0, 0.05) is 57.8 Å². The Labute approximate surface area is 275 Å². The highest BCUT2D eigenvalue weighted by Crippen LogP contribution is 2.50. The van der Waals surface area contributed by atoms with E-state index in [-0.39, 0.29) is 11.4 Å². The Balaban J connectivity index is 1.17. The molecule has 11 nitrogen and oxygen atoms in total. The van der Waals surface area contributed by atoms with E-state index >= 15 is 0 Å². The van der Waals surface area contributed by atoms with Gasteiger partial charge in [0.25, 0.3) is 5.91 Å². The minimum Gasteiger partial charge on any atom is -0.461 e. The fourth-order valence-corrected chi connectivity index (χ4v) is 8.74. The number of benzene rings is 1. The molecular weight excluding hydrogens is 599 g/mol. The quantitative estimate of drug-likeness (QED) is 0.409. The van der Waals surface area contributed by atoms with Gasteiger partial charge in [0.05, 0.1) is 35.7 Å². The number of carbonyl (C=O) groups is 1.